The maximum absolute atomic E-state index is 12.2. The average molecular weight is 389 g/mol. The molecule has 0 aromatic heterocycles. The van der Waals surface area contributed by atoms with Crippen molar-refractivity contribution >= 4 is 21.6 Å². The van der Waals surface area contributed by atoms with Crippen molar-refractivity contribution in [3.8, 4) is 0 Å². The van der Waals surface area contributed by atoms with Gasteiger partial charge in [-0.3, -0.25) is 4.79 Å². The van der Waals surface area contributed by atoms with Gasteiger partial charge in [0.1, 0.15) is 0 Å². The molecule has 0 aliphatic rings. The lowest BCUT2D eigenvalue weighted by Crippen LogP contribution is -2.20. The summed E-state index contributed by atoms with van der Waals surface area (Å²) < 4.78 is 25.4. The van der Waals surface area contributed by atoms with E-state index >= 15 is 0 Å². The molecule has 0 heterocycles. The molecule has 0 bridgehead atoms. The molecule has 0 fully saturated rings. The second kappa shape index (κ2) is 8.67. The summed E-state index contributed by atoms with van der Waals surface area (Å²) in [5, 5.41) is 2.85. The van der Waals surface area contributed by atoms with Gasteiger partial charge in [0.05, 0.1) is 5.75 Å². The molecule has 0 spiro atoms. The molecule has 0 radical (unpaired) electrons. The van der Waals surface area contributed by atoms with Gasteiger partial charge in [0.2, 0.25) is 15.9 Å². The highest BCUT2D eigenvalue weighted by Crippen LogP contribution is 2.22. The highest BCUT2D eigenvalue weighted by atomic mass is 32.2. The maximum Gasteiger partial charge on any atom is 0.224 e. The number of benzene rings is 2. The molecule has 2 N–H and O–H groups in total. The topological polar surface area (TPSA) is 75.3 Å². The lowest BCUT2D eigenvalue weighted by molar-refractivity contribution is -0.116. The first-order valence-corrected chi connectivity index (χ1v) is 10.6. The third kappa shape index (κ3) is 6.81. The molecule has 146 valence electrons. The lowest BCUT2D eigenvalue weighted by Gasteiger charge is -2.19. The van der Waals surface area contributed by atoms with E-state index in [-0.39, 0.29) is 17.1 Å². The molecule has 0 atom stereocenters. The Morgan fingerprint density at radius 1 is 0.926 bits per heavy atom. The van der Waals surface area contributed by atoms with Gasteiger partial charge in [-0.25, -0.2) is 13.1 Å². The zero-order valence-corrected chi connectivity index (χ0v) is 17.2. The Bertz CT molecular complexity index is 865. The van der Waals surface area contributed by atoms with Gasteiger partial charge in [-0.2, -0.15) is 0 Å². The molecule has 0 aliphatic carbocycles. The Morgan fingerprint density at radius 3 is 2.00 bits per heavy atom. The normalized spacial score (nSPS) is 12.0. The number of hydrogen-bond donors (Lipinski definition) is 2. The molecule has 0 saturated carbocycles. The largest absolute Gasteiger partial charge is 0.326 e. The van der Waals surface area contributed by atoms with Gasteiger partial charge in [0.25, 0.3) is 0 Å². The first kappa shape index (κ1) is 21.1. The van der Waals surface area contributed by atoms with Crippen LogP contribution in [0.1, 0.15) is 43.9 Å². The Labute approximate surface area is 162 Å². The second-order valence-corrected chi connectivity index (χ2v) is 9.58. The number of carbonyl (C=O) groups excluding carboxylic acids is 1. The molecule has 0 aliphatic heterocycles. The fourth-order valence-electron chi connectivity index (χ4n) is 2.63. The summed E-state index contributed by atoms with van der Waals surface area (Å²) in [7, 11) is -1.91. The summed E-state index contributed by atoms with van der Waals surface area (Å²) in [6, 6.07) is 15.2. The van der Waals surface area contributed by atoms with Crippen molar-refractivity contribution < 1.29 is 13.2 Å². The molecule has 2 aromatic carbocycles. The standard InChI is InChI=1S/C21H28N2O3S/c1-21(2,3)18-10-5-16(6-11-18)9-14-20(24)23-19-12-7-17(8-13-19)15-27(25,26)22-4/h5-8,10-13,22H,9,14-15H2,1-4H3,(H,23,24). The van der Waals surface area contributed by atoms with E-state index in [2.05, 4.69) is 55.1 Å². The quantitative estimate of drug-likeness (QED) is 0.761. The number of carbonyl (C=O) groups is 1. The van der Waals surface area contributed by atoms with Crippen LogP contribution in [0.5, 0.6) is 0 Å². The molecular formula is C21H28N2O3S. The summed E-state index contributed by atoms with van der Waals surface area (Å²) in [6.07, 6.45) is 1.07. The SMILES string of the molecule is CNS(=O)(=O)Cc1ccc(NC(=O)CCc2ccc(C(C)(C)C)cc2)cc1. The van der Waals surface area contributed by atoms with Crippen LogP contribution in [0, 0.1) is 0 Å². The number of amides is 1. The van der Waals surface area contributed by atoms with E-state index in [0.29, 0.717) is 24.1 Å². The van der Waals surface area contributed by atoms with Gasteiger partial charge in [-0.05, 0) is 47.7 Å². The number of rotatable bonds is 7. The van der Waals surface area contributed by atoms with Gasteiger partial charge < -0.3 is 5.32 Å². The molecule has 2 aromatic rings. The third-order valence-corrected chi connectivity index (χ3v) is 5.70. The van der Waals surface area contributed by atoms with E-state index in [1.54, 1.807) is 24.3 Å². The Hall–Kier alpha value is -2.18. The van der Waals surface area contributed by atoms with Gasteiger partial charge in [-0.15, -0.1) is 0 Å². The van der Waals surface area contributed by atoms with Crippen LogP contribution >= 0.6 is 0 Å². The number of aryl methyl sites for hydroxylation is 1. The van der Waals surface area contributed by atoms with Crippen LogP contribution in [-0.2, 0) is 32.4 Å². The number of sulfonamides is 1. The van der Waals surface area contributed by atoms with Crippen molar-refractivity contribution in [3.05, 3.63) is 65.2 Å². The minimum atomic E-state index is -3.30. The van der Waals surface area contributed by atoms with E-state index in [1.165, 1.54) is 12.6 Å². The molecule has 2 rings (SSSR count). The van der Waals surface area contributed by atoms with Crippen LogP contribution in [0.15, 0.2) is 48.5 Å². The number of hydrogen-bond acceptors (Lipinski definition) is 3. The van der Waals surface area contributed by atoms with Crippen LogP contribution < -0.4 is 10.0 Å². The smallest absolute Gasteiger partial charge is 0.224 e. The van der Waals surface area contributed by atoms with E-state index in [9.17, 15) is 13.2 Å². The molecular weight excluding hydrogens is 360 g/mol. The Morgan fingerprint density at radius 2 is 1.48 bits per heavy atom. The minimum Gasteiger partial charge on any atom is -0.326 e. The highest BCUT2D eigenvalue weighted by Gasteiger charge is 2.13. The van der Waals surface area contributed by atoms with Crippen LogP contribution in [0.3, 0.4) is 0 Å². The van der Waals surface area contributed by atoms with Crippen molar-refractivity contribution in [1.82, 2.24) is 4.72 Å². The predicted molar refractivity (Wildman–Crippen MR) is 110 cm³/mol. The van der Waals surface area contributed by atoms with Crippen molar-refractivity contribution in [2.45, 2.75) is 44.8 Å². The van der Waals surface area contributed by atoms with E-state index in [4.69, 9.17) is 0 Å². The highest BCUT2D eigenvalue weighted by molar-refractivity contribution is 7.88. The molecule has 0 unspecified atom stereocenters. The van der Waals surface area contributed by atoms with Crippen LogP contribution in [0.4, 0.5) is 5.69 Å². The average Bonchev–Trinajstić information content (AvgIpc) is 2.61. The first-order chi connectivity index (χ1) is 12.6. The Balaban J connectivity index is 1.87. The fraction of sp³-hybridized carbons (Fsp3) is 0.381. The summed E-state index contributed by atoms with van der Waals surface area (Å²) >= 11 is 0. The molecule has 27 heavy (non-hydrogen) atoms. The molecule has 5 nitrogen and oxygen atoms in total. The fourth-order valence-corrected chi connectivity index (χ4v) is 3.40. The first-order valence-electron chi connectivity index (χ1n) is 8.98. The zero-order valence-electron chi connectivity index (χ0n) is 16.4. The third-order valence-electron chi connectivity index (χ3n) is 4.37. The van der Waals surface area contributed by atoms with Gasteiger partial charge in [0.15, 0.2) is 0 Å². The maximum atomic E-state index is 12.2. The lowest BCUT2D eigenvalue weighted by atomic mass is 9.86. The summed E-state index contributed by atoms with van der Waals surface area (Å²) in [5.41, 5.74) is 3.85. The minimum absolute atomic E-state index is 0.0644. The summed E-state index contributed by atoms with van der Waals surface area (Å²) in [4.78, 5) is 12.2. The molecule has 0 saturated heterocycles. The van der Waals surface area contributed by atoms with Gasteiger partial charge in [-0.1, -0.05) is 57.2 Å². The molecule has 6 heteroatoms. The van der Waals surface area contributed by atoms with Crippen molar-refractivity contribution in [3.63, 3.8) is 0 Å². The number of anilines is 1. The van der Waals surface area contributed by atoms with E-state index in [1.807, 2.05) is 0 Å². The van der Waals surface area contributed by atoms with Crippen molar-refractivity contribution in [2.75, 3.05) is 12.4 Å². The van der Waals surface area contributed by atoms with Gasteiger partial charge >= 0.3 is 0 Å². The summed E-state index contributed by atoms with van der Waals surface area (Å²) in [5.74, 6) is -0.145. The van der Waals surface area contributed by atoms with Crippen molar-refractivity contribution in [1.29, 1.82) is 0 Å². The van der Waals surface area contributed by atoms with E-state index in [0.717, 1.165) is 5.56 Å². The van der Waals surface area contributed by atoms with Gasteiger partial charge in [0, 0.05) is 12.1 Å². The molecule has 1 amide bonds. The van der Waals surface area contributed by atoms with Crippen molar-refractivity contribution in [2.24, 2.45) is 0 Å². The van der Waals surface area contributed by atoms with Crippen LogP contribution in [0.25, 0.3) is 0 Å². The predicted octanol–water partition coefficient (Wildman–Crippen LogP) is 3.60. The second-order valence-electron chi connectivity index (χ2n) is 7.66. The zero-order chi connectivity index (χ0) is 20.1. The Kier molecular flexibility index (Phi) is 6.78. The summed E-state index contributed by atoms with van der Waals surface area (Å²) in [6.45, 7) is 6.53. The number of nitrogens with one attached hydrogen (secondary N) is 2. The van der Waals surface area contributed by atoms with E-state index < -0.39 is 10.0 Å². The van der Waals surface area contributed by atoms with Crippen LogP contribution in [-0.4, -0.2) is 21.4 Å². The monoisotopic (exact) mass is 388 g/mol. The van der Waals surface area contributed by atoms with Crippen LogP contribution in [0.2, 0.25) is 0 Å².